The van der Waals surface area contributed by atoms with Gasteiger partial charge in [-0.25, -0.2) is 4.79 Å². The Bertz CT molecular complexity index is 778. The van der Waals surface area contributed by atoms with E-state index in [1.165, 1.54) is 14.0 Å². The van der Waals surface area contributed by atoms with Gasteiger partial charge < -0.3 is 10.1 Å². The van der Waals surface area contributed by atoms with Crippen LogP contribution in [0.2, 0.25) is 0 Å². The highest BCUT2D eigenvalue weighted by Crippen LogP contribution is 2.34. The summed E-state index contributed by atoms with van der Waals surface area (Å²) in [5, 5.41) is 11.2. The predicted molar refractivity (Wildman–Crippen MR) is 75.4 cm³/mol. The van der Waals surface area contributed by atoms with E-state index >= 15 is 0 Å². The van der Waals surface area contributed by atoms with Gasteiger partial charge in [-0.1, -0.05) is 0 Å². The predicted octanol–water partition coefficient (Wildman–Crippen LogP) is 1.90. The molecule has 0 radical (unpaired) electrons. The Morgan fingerprint density at radius 3 is 2.67 bits per heavy atom. The zero-order valence-electron chi connectivity index (χ0n) is 13.0. The lowest BCUT2D eigenvalue weighted by molar-refractivity contribution is -0.140. The summed E-state index contributed by atoms with van der Waals surface area (Å²) in [4.78, 5) is 23.8. The molecule has 0 spiro atoms. The van der Waals surface area contributed by atoms with Gasteiger partial charge in [0.25, 0.3) is 5.91 Å². The van der Waals surface area contributed by atoms with Crippen LogP contribution >= 0.6 is 0 Å². The van der Waals surface area contributed by atoms with Crippen LogP contribution in [0.25, 0.3) is 0 Å². The summed E-state index contributed by atoms with van der Waals surface area (Å²) in [7, 11) is 1.41. The fourth-order valence-corrected chi connectivity index (χ4v) is 1.94. The number of aromatic amines is 1. The number of nitrogens with zero attached hydrogens (tertiary/aromatic N) is 3. The second-order valence-electron chi connectivity index (χ2n) is 4.78. The molecular weight excluding hydrogens is 331 g/mol. The molecule has 11 heteroatoms. The van der Waals surface area contributed by atoms with Crippen molar-refractivity contribution in [1.29, 1.82) is 0 Å². The van der Waals surface area contributed by atoms with Gasteiger partial charge in [-0.3, -0.25) is 14.6 Å². The first-order valence-corrected chi connectivity index (χ1v) is 6.79. The number of aryl methyl sites for hydroxylation is 2. The van der Waals surface area contributed by atoms with Crippen LogP contribution in [0.5, 0.6) is 0 Å². The summed E-state index contributed by atoms with van der Waals surface area (Å²) in [5.41, 5.74) is -1.92. The van der Waals surface area contributed by atoms with E-state index in [9.17, 15) is 22.8 Å². The molecule has 0 aliphatic heterocycles. The van der Waals surface area contributed by atoms with Crippen molar-refractivity contribution >= 4 is 17.6 Å². The first-order valence-electron chi connectivity index (χ1n) is 6.79. The van der Waals surface area contributed by atoms with Crippen LogP contribution in [-0.2, 0) is 18.0 Å². The molecule has 2 aromatic rings. The minimum absolute atomic E-state index is 0.00182. The Morgan fingerprint density at radius 1 is 1.42 bits per heavy atom. The lowest BCUT2D eigenvalue weighted by Gasteiger charge is -2.07. The maximum atomic E-state index is 12.9. The number of rotatable bonds is 4. The Kier molecular flexibility index (Phi) is 4.62. The van der Waals surface area contributed by atoms with Crippen molar-refractivity contribution in [2.45, 2.75) is 20.0 Å². The molecular formula is C13H14F3N5O3. The summed E-state index contributed by atoms with van der Waals surface area (Å²) in [6.07, 6.45) is -4.73. The number of nitrogens with one attached hydrogen (secondary N) is 2. The SMILES string of the molecule is CCOC(=O)c1cc(C(=O)Nc2c(C(F)(F)F)n[nH]c2C)nn1C. The number of hydrogen-bond donors (Lipinski definition) is 2. The highest BCUT2D eigenvalue weighted by atomic mass is 19.4. The maximum absolute atomic E-state index is 12.9. The molecule has 0 atom stereocenters. The highest BCUT2D eigenvalue weighted by molar-refractivity contribution is 6.04. The van der Waals surface area contributed by atoms with Crippen molar-refractivity contribution in [2.24, 2.45) is 7.05 Å². The van der Waals surface area contributed by atoms with E-state index in [4.69, 9.17) is 4.74 Å². The quantitative estimate of drug-likeness (QED) is 0.824. The maximum Gasteiger partial charge on any atom is 0.437 e. The minimum Gasteiger partial charge on any atom is -0.461 e. The molecule has 8 nitrogen and oxygen atoms in total. The standard InChI is InChI=1S/C13H14F3N5O3/c1-4-24-12(23)8-5-7(20-21(8)3)11(22)17-9-6(2)18-19-10(9)13(14,15)16/h5H,4H2,1-3H3,(H,17,22)(H,18,19). The molecule has 0 aliphatic carbocycles. The van der Waals surface area contributed by atoms with Crippen molar-refractivity contribution in [3.8, 4) is 0 Å². The zero-order chi connectivity index (χ0) is 18.1. The number of carbonyl (C=O) groups is 2. The molecule has 0 fully saturated rings. The molecule has 130 valence electrons. The molecule has 2 N–H and O–H groups in total. The van der Waals surface area contributed by atoms with Crippen molar-refractivity contribution in [3.63, 3.8) is 0 Å². The average molecular weight is 345 g/mol. The van der Waals surface area contributed by atoms with E-state index in [0.29, 0.717) is 0 Å². The first-order chi connectivity index (χ1) is 11.1. The molecule has 0 saturated heterocycles. The fourth-order valence-electron chi connectivity index (χ4n) is 1.94. The molecule has 0 bridgehead atoms. The van der Waals surface area contributed by atoms with Gasteiger partial charge in [-0.2, -0.15) is 23.4 Å². The fraction of sp³-hybridized carbons (Fsp3) is 0.385. The number of amides is 1. The van der Waals surface area contributed by atoms with E-state index < -0.39 is 29.4 Å². The molecule has 0 saturated carbocycles. The molecule has 0 aliphatic rings. The first kappa shape index (κ1) is 17.5. The molecule has 2 rings (SSSR count). The normalized spacial score (nSPS) is 11.4. The molecule has 0 unspecified atom stereocenters. The third-order valence-electron chi connectivity index (χ3n) is 3.05. The Labute approximate surface area is 134 Å². The largest absolute Gasteiger partial charge is 0.461 e. The minimum atomic E-state index is -4.73. The molecule has 2 heterocycles. The number of carbonyl (C=O) groups excluding carboxylic acids is 2. The highest BCUT2D eigenvalue weighted by Gasteiger charge is 2.38. The number of alkyl halides is 3. The van der Waals surface area contributed by atoms with Gasteiger partial charge in [0, 0.05) is 13.1 Å². The van der Waals surface area contributed by atoms with Crippen molar-refractivity contribution in [2.75, 3.05) is 11.9 Å². The van der Waals surface area contributed by atoms with E-state index in [-0.39, 0.29) is 23.7 Å². The van der Waals surface area contributed by atoms with E-state index in [1.54, 1.807) is 6.92 Å². The summed E-state index contributed by atoms with van der Waals surface area (Å²) in [5.74, 6) is -1.60. The molecule has 24 heavy (non-hydrogen) atoms. The van der Waals surface area contributed by atoms with Gasteiger partial charge in [0.2, 0.25) is 0 Å². The summed E-state index contributed by atoms with van der Waals surface area (Å²) in [6, 6.07) is 1.13. The van der Waals surface area contributed by atoms with Gasteiger partial charge in [0.05, 0.1) is 18.0 Å². The van der Waals surface area contributed by atoms with Gasteiger partial charge >= 0.3 is 12.1 Å². The van der Waals surface area contributed by atoms with Crippen molar-refractivity contribution in [3.05, 3.63) is 28.8 Å². The van der Waals surface area contributed by atoms with Crippen LogP contribution in [0.4, 0.5) is 18.9 Å². The molecule has 1 amide bonds. The molecule has 0 aromatic carbocycles. The number of ether oxygens (including phenoxy) is 1. The summed E-state index contributed by atoms with van der Waals surface area (Å²) >= 11 is 0. The number of aromatic nitrogens is 4. The summed E-state index contributed by atoms with van der Waals surface area (Å²) < 4.78 is 44.5. The lowest BCUT2D eigenvalue weighted by Crippen LogP contribution is -2.17. The monoisotopic (exact) mass is 345 g/mol. The lowest BCUT2D eigenvalue weighted by atomic mass is 10.2. The topological polar surface area (TPSA) is 102 Å². The van der Waals surface area contributed by atoms with Gasteiger partial charge in [-0.15, -0.1) is 0 Å². The van der Waals surface area contributed by atoms with Crippen molar-refractivity contribution in [1.82, 2.24) is 20.0 Å². The van der Waals surface area contributed by atoms with Gasteiger partial charge in [0.1, 0.15) is 5.69 Å². The third kappa shape index (κ3) is 3.39. The second-order valence-corrected chi connectivity index (χ2v) is 4.78. The average Bonchev–Trinajstić information content (AvgIpc) is 3.03. The number of anilines is 1. The number of H-pyrrole nitrogens is 1. The van der Waals surface area contributed by atoms with E-state index in [0.717, 1.165) is 10.7 Å². The third-order valence-corrected chi connectivity index (χ3v) is 3.05. The van der Waals surface area contributed by atoms with Crippen LogP contribution in [0.3, 0.4) is 0 Å². The van der Waals surface area contributed by atoms with Gasteiger partial charge in [-0.05, 0) is 13.8 Å². The van der Waals surface area contributed by atoms with Crippen LogP contribution < -0.4 is 5.32 Å². The smallest absolute Gasteiger partial charge is 0.437 e. The summed E-state index contributed by atoms with van der Waals surface area (Å²) in [6.45, 7) is 3.08. The van der Waals surface area contributed by atoms with Crippen LogP contribution in [0, 0.1) is 6.92 Å². The number of hydrogen-bond acceptors (Lipinski definition) is 5. The van der Waals surface area contributed by atoms with Crippen LogP contribution in [0.15, 0.2) is 6.07 Å². The van der Waals surface area contributed by atoms with Crippen LogP contribution in [-0.4, -0.2) is 38.5 Å². The van der Waals surface area contributed by atoms with Gasteiger partial charge in [0.15, 0.2) is 11.4 Å². The molecule has 2 aromatic heterocycles. The zero-order valence-corrected chi connectivity index (χ0v) is 13.0. The second kappa shape index (κ2) is 6.34. The Balaban J connectivity index is 2.27. The van der Waals surface area contributed by atoms with E-state index in [1.807, 2.05) is 0 Å². The van der Waals surface area contributed by atoms with Crippen molar-refractivity contribution < 1.29 is 27.5 Å². The van der Waals surface area contributed by atoms with Crippen LogP contribution in [0.1, 0.15) is 39.3 Å². The Hall–Kier alpha value is -2.85. The number of halogens is 3. The van der Waals surface area contributed by atoms with E-state index in [2.05, 4.69) is 20.6 Å². The number of esters is 1. The Morgan fingerprint density at radius 2 is 2.08 bits per heavy atom.